The second-order valence-corrected chi connectivity index (χ2v) is 14.1. The van der Waals surface area contributed by atoms with E-state index in [1.165, 1.54) is 32.6 Å². The third-order valence-corrected chi connectivity index (χ3v) is 13.2. The quantitative estimate of drug-likeness (QED) is 0.326. The van der Waals surface area contributed by atoms with Gasteiger partial charge in [-0.05, 0) is 0 Å². The van der Waals surface area contributed by atoms with E-state index < -0.39 is 5.96 Å². The number of rotatable bonds is 5. The molecule has 4 aromatic carbocycles. The van der Waals surface area contributed by atoms with Gasteiger partial charge in [0.25, 0.3) is 0 Å². The van der Waals surface area contributed by atoms with Crippen molar-refractivity contribution in [1.29, 1.82) is 0 Å². The van der Waals surface area contributed by atoms with Crippen molar-refractivity contribution in [3.05, 3.63) is 126 Å². The van der Waals surface area contributed by atoms with Crippen molar-refractivity contribution in [1.82, 2.24) is 0 Å². The minimum absolute atomic E-state index is 0.785. The maximum atomic E-state index is 8.25. The average Bonchev–Trinajstić information content (AvgIpc) is 2.76. The molecule has 0 aromatic heterocycles. The Kier molecular flexibility index (Phi) is 5.34. The average molecular weight is 417 g/mol. The summed E-state index contributed by atoms with van der Waals surface area (Å²) in [5.74, 6) is -3.30. The Morgan fingerprint density at radius 2 is 0.966 bits per heavy atom. The van der Waals surface area contributed by atoms with Crippen molar-refractivity contribution in [2.24, 2.45) is 0 Å². The number of aryl methyl sites for hydroxylation is 2. The van der Waals surface area contributed by atoms with Gasteiger partial charge in [-0.15, -0.1) is 0 Å². The molecular weight excluding hydrogens is 391 g/mol. The predicted molar refractivity (Wildman–Crippen MR) is 131 cm³/mol. The Morgan fingerprint density at radius 1 is 0.552 bits per heavy atom. The maximum absolute atomic E-state index is 8.25. The number of halogens is 1. The molecular formula is C27H26ClP. The predicted octanol–water partition coefficient (Wildman–Crippen LogP) is 6.49. The molecule has 4 rings (SSSR count). The van der Waals surface area contributed by atoms with Crippen molar-refractivity contribution in [2.75, 3.05) is 0 Å². The second kappa shape index (κ2) is 7.79. The van der Waals surface area contributed by atoms with E-state index in [2.05, 4.69) is 123 Å². The van der Waals surface area contributed by atoms with E-state index in [9.17, 15) is 0 Å². The molecule has 0 nitrogen and oxygen atoms in total. The van der Waals surface area contributed by atoms with E-state index in [4.69, 9.17) is 11.2 Å². The van der Waals surface area contributed by atoms with Crippen molar-refractivity contribution in [3.8, 4) is 0 Å². The fourth-order valence-corrected chi connectivity index (χ4v) is 11.8. The Bertz CT molecular complexity index is 1070. The molecule has 0 radical (unpaired) electrons. The van der Waals surface area contributed by atoms with Crippen LogP contribution in [0, 0.1) is 13.8 Å². The summed E-state index contributed by atoms with van der Waals surface area (Å²) in [6, 6.07) is 38.7. The third kappa shape index (κ3) is 3.31. The van der Waals surface area contributed by atoms with E-state index in [1.54, 1.807) is 0 Å². The van der Waals surface area contributed by atoms with Crippen LogP contribution in [0.4, 0.5) is 0 Å². The molecule has 146 valence electrons. The van der Waals surface area contributed by atoms with Gasteiger partial charge in [0.05, 0.1) is 0 Å². The van der Waals surface area contributed by atoms with Crippen LogP contribution in [0.25, 0.3) is 0 Å². The monoisotopic (exact) mass is 416 g/mol. The van der Waals surface area contributed by atoms with Gasteiger partial charge in [0.1, 0.15) is 0 Å². The zero-order valence-corrected chi connectivity index (χ0v) is 18.6. The van der Waals surface area contributed by atoms with Crippen LogP contribution in [-0.2, 0) is 6.16 Å². The van der Waals surface area contributed by atoms with Gasteiger partial charge in [0, 0.05) is 0 Å². The van der Waals surface area contributed by atoms with Gasteiger partial charge < -0.3 is 0 Å². The van der Waals surface area contributed by atoms with Crippen LogP contribution in [0.2, 0.25) is 0 Å². The molecule has 0 aliphatic rings. The van der Waals surface area contributed by atoms with Crippen LogP contribution < -0.4 is 15.9 Å². The molecule has 0 saturated heterocycles. The summed E-state index contributed by atoms with van der Waals surface area (Å²) >= 11 is 8.25. The molecule has 0 bridgehead atoms. The number of hydrogen-bond donors (Lipinski definition) is 0. The van der Waals surface area contributed by atoms with Gasteiger partial charge in [0.15, 0.2) is 0 Å². The normalized spacial score (nSPS) is 12.9. The van der Waals surface area contributed by atoms with Crippen LogP contribution in [0.3, 0.4) is 0 Å². The first kappa shape index (κ1) is 19.9. The van der Waals surface area contributed by atoms with E-state index >= 15 is 0 Å². The van der Waals surface area contributed by atoms with Gasteiger partial charge >= 0.3 is 179 Å². The zero-order valence-electron chi connectivity index (χ0n) is 16.9. The molecule has 4 aromatic rings. The summed E-state index contributed by atoms with van der Waals surface area (Å²) in [4.78, 5) is 0. The zero-order chi connectivity index (χ0) is 20.3. The second-order valence-electron chi connectivity index (χ2n) is 7.74. The SMILES string of the molecule is Cc1ccccc1P(Cl)(Cc1ccccc1)(c1ccccc1)c1ccccc1C. The Labute approximate surface area is 178 Å². The fourth-order valence-electron chi connectivity index (χ4n) is 4.51. The molecule has 0 aliphatic heterocycles. The Balaban J connectivity index is 2.17. The molecule has 0 atom stereocenters. The molecule has 0 aliphatic carbocycles. The third-order valence-electron chi connectivity index (χ3n) is 5.85. The van der Waals surface area contributed by atoms with E-state index in [0.29, 0.717) is 0 Å². The fraction of sp³-hybridized carbons (Fsp3) is 0.111. The van der Waals surface area contributed by atoms with E-state index in [1.807, 2.05) is 0 Å². The van der Waals surface area contributed by atoms with Gasteiger partial charge in [0.2, 0.25) is 0 Å². The van der Waals surface area contributed by atoms with Crippen molar-refractivity contribution >= 4 is 33.1 Å². The molecule has 0 spiro atoms. The molecule has 29 heavy (non-hydrogen) atoms. The molecule has 0 N–H and O–H groups in total. The molecule has 0 heterocycles. The summed E-state index contributed by atoms with van der Waals surface area (Å²) in [6.07, 6.45) is 0.785. The van der Waals surface area contributed by atoms with Gasteiger partial charge in [-0.1, -0.05) is 0 Å². The number of benzene rings is 4. The van der Waals surface area contributed by atoms with Crippen LogP contribution >= 0.6 is 17.2 Å². The topological polar surface area (TPSA) is 0 Å². The minimum atomic E-state index is -3.30. The summed E-state index contributed by atoms with van der Waals surface area (Å²) in [5.41, 5.74) is 3.74. The molecule has 0 fully saturated rings. The first-order chi connectivity index (χ1) is 14.0. The summed E-state index contributed by atoms with van der Waals surface area (Å²) in [6.45, 7) is 4.37. The summed E-state index contributed by atoms with van der Waals surface area (Å²) in [5, 5.41) is 3.72. The van der Waals surface area contributed by atoms with E-state index in [0.717, 1.165) is 6.16 Å². The van der Waals surface area contributed by atoms with Gasteiger partial charge in [-0.3, -0.25) is 0 Å². The Hall–Kier alpha value is -2.40. The summed E-state index contributed by atoms with van der Waals surface area (Å²) in [7, 11) is 0. The molecule has 0 unspecified atom stereocenters. The van der Waals surface area contributed by atoms with Crippen LogP contribution in [0.15, 0.2) is 109 Å². The van der Waals surface area contributed by atoms with Crippen molar-refractivity contribution in [3.63, 3.8) is 0 Å². The Morgan fingerprint density at radius 3 is 1.45 bits per heavy atom. The molecule has 0 amide bonds. The van der Waals surface area contributed by atoms with Crippen LogP contribution in [0.5, 0.6) is 0 Å². The van der Waals surface area contributed by atoms with Gasteiger partial charge in [-0.2, -0.15) is 0 Å². The molecule has 0 saturated carbocycles. The molecule has 2 heteroatoms. The summed E-state index contributed by atoms with van der Waals surface area (Å²) < 4.78 is 0. The van der Waals surface area contributed by atoms with Crippen LogP contribution in [0.1, 0.15) is 16.7 Å². The standard InChI is InChI=1S/C27H26ClP/c1-22-13-9-11-19-26(22)29(28,25-17-7-4-8-18-25,21-24-15-5-3-6-16-24)27-20-12-10-14-23(27)2/h3-20H,21H2,1-2H3. The first-order valence-electron chi connectivity index (χ1n) is 9.99. The van der Waals surface area contributed by atoms with Crippen LogP contribution in [-0.4, -0.2) is 0 Å². The van der Waals surface area contributed by atoms with Crippen molar-refractivity contribution < 1.29 is 0 Å². The van der Waals surface area contributed by atoms with Crippen molar-refractivity contribution in [2.45, 2.75) is 20.0 Å². The number of hydrogen-bond acceptors (Lipinski definition) is 0. The van der Waals surface area contributed by atoms with Gasteiger partial charge in [-0.25, -0.2) is 0 Å². The first-order valence-corrected chi connectivity index (χ1v) is 13.3. The van der Waals surface area contributed by atoms with E-state index in [-0.39, 0.29) is 0 Å².